The van der Waals surface area contributed by atoms with Crippen LogP contribution in [0.4, 0.5) is 0 Å². The Balaban J connectivity index is 0. The van der Waals surface area contributed by atoms with Crippen molar-refractivity contribution in [2.45, 2.75) is 0 Å². The van der Waals surface area contributed by atoms with Crippen LogP contribution in [0.2, 0.25) is 0 Å². The van der Waals surface area contributed by atoms with Crippen molar-refractivity contribution in [1.82, 2.24) is 0 Å². The standard InChI is InChI=1S/2C7H6O2.2Li/c2*8-7(9)6-4-2-1-3-5-6;;/h2*1-5H,(H,8,9);;/q;;2*+1/p-2. The summed E-state index contributed by atoms with van der Waals surface area (Å²) < 4.78 is 0. The van der Waals surface area contributed by atoms with Gasteiger partial charge in [-0.2, -0.15) is 0 Å². The van der Waals surface area contributed by atoms with E-state index in [0.717, 1.165) is 0 Å². The van der Waals surface area contributed by atoms with Gasteiger partial charge in [-0.3, -0.25) is 0 Å². The maximum Gasteiger partial charge on any atom is 1.00 e. The minimum atomic E-state index is -1.13. The van der Waals surface area contributed by atoms with Crippen LogP contribution in [0.3, 0.4) is 0 Å². The first-order chi connectivity index (χ1) is 8.61. The van der Waals surface area contributed by atoms with E-state index in [4.69, 9.17) is 0 Å². The van der Waals surface area contributed by atoms with E-state index in [1.807, 2.05) is 0 Å². The van der Waals surface area contributed by atoms with Crippen LogP contribution in [-0.4, -0.2) is 11.9 Å². The second kappa shape index (κ2) is 11.4. The Bertz CT molecular complexity index is 466. The molecule has 2 aromatic rings. The minimum absolute atomic E-state index is 0. The SMILES string of the molecule is O=C([O-])c1ccccc1.O=C([O-])c1ccccc1.[Li+].[Li+]. The molecule has 6 heteroatoms. The van der Waals surface area contributed by atoms with E-state index < -0.39 is 11.9 Å². The fourth-order valence-corrected chi connectivity index (χ4v) is 1.15. The first-order valence-corrected chi connectivity index (χ1v) is 5.14. The molecule has 0 atom stereocenters. The van der Waals surface area contributed by atoms with Gasteiger partial charge < -0.3 is 19.8 Å². The molecule has 0 amide bonds. The Kier molecular flexibility index (Phi) is 11.9. The third-order valence-corrected chi connectivity index (χ3v) is 2.02. The van der Waals surface area contributed by atoms with Crippen molar-refractivity contribution in [3.05, 3.63) is 71.8 Å². The van der Waals surface area contributed by atoms with Crippen molar-refractivity contribution >= 4 is 11.9 Å². The van der Waals surface area contributed by atoms with Gasteiger partial charge in [0, 0.05) is 0 Å². The topological polar surface area (TPSA) is 80.3 Å². The summed E-state index contributed by atoms with van der Waals surface area (Å²) >= 11 is 0. The molecule has 0 aliphatic heterocycles. The summed E-state index contributed by atoms with van der Waals surface area (Å²) in [4.78, 5) is 20.2. The van der Waals surface area contributed by atoms with Gasteiger partial charge in [-0.1, -0.05) is 60.7 Å². The largest absolute Gasteiger partial charge is 1.00 e. The first-order valence-electron chi connectivity index (χ1n) is 5.14. The number of rotatable bonds is 2. The fraction of sp³-hybridized carbons (Fsp3) is 0. The molecule has 0 spiro atoms. The van der Waals surface area contributed by atoms with Crippen molar-refractivity contribution in [2.75, 3.05) is 0 Å². The van der Waals surface area contributed by atoms with Gasteiger partial charge in [0.25, 0.3) is 0 Å². The molecule has 0 saturated carbocycles. The minimum Gasteiger partial charge on any atom is -0.545 e. The molecule has 92 valence electrons. The average Bonchev–Trinajstić information content (AvgIpc) is 2.41. The van der Waals surface area contributed by atoms with Crippen LogP contribution in [0.25, 0.3) is 0 Å². The summed E-state index contributed by atoms with van der Waals surface area (Å²) in [5, 5.41) is 20.2. The van der Waals surface area contributed by atoms with Crippen LogP contribution in [0.5, 0.6) is 0 Å². The smallest absolute Gasteiger partial charge is 0.545 e. The molecular formula is C14H10Li2O4. The molecule has 0 fully saturated rings. The van der Waals surface area contributed by atoms with Crippen LogP contribution < -0.4 is 47.9 Å². The first kappa shape index (κ1) is 20.9. The molecule has 20 heavy (non-hydrogen) atoms. The van der Waals surface area contributed by atoms with E-state index in [1.165, 1.54) is 24.3 Å². The predicted molar refractivity (Wildman–Crippen MR) is 61.5 cm³/mol. The van der Waals surface area contributed by atoms with Crippen LogP contribution >= 0.6 is 0 Å². The number of hydrogen-bond acceptors (Lipinski definition) is 4. The van der Waals surface area contributed by atoms with Crippen molar-refractivity contribution in [3.63, 3.8) is 0 Å². The van der Waals surface area contributed by atoms with Gasteiger partial charge >= 0.3 is 37.7 Å². The number of benzene rings is 2. The molecule has 0 aliphatic carbocycles. The second-order valence-electron chi connectivity index (χ2n) is 3.31. The summed E-state index contributed by atoms with van der Waals surface area (Å²) in [5.41, 5.74) is 0.440. The zero-order valence-corrected chi connectivity index (χ0v) is 11.4. The molecule has 2 aromatic carbocycles. The zero-order valence-electron chi connectivity index (χ0n) is 11.4. The van der Waals surface area contributed by atoms with E-state index in [1.54, 1.807) is 36.4 Å². The van der Waals surface area contributed by atoms with Gasteiger partial charge in [0.2, 0.25) is 0 Å². The van der Waals surface area contributed by atoms with E-state index >= 15 is 0 Å². The Labute approximate surface area is 141 Å². The number of hydrogen-bond donors (Lipinski definition) is 0. The van der Waals surface area contributed by atoms with E-state index in [-0.39, 0.29) is 48.8 Å². The quantitative estimate of drug-likeness (QED) is 0.501. The molecule has 0 heterocycles. The number of aromatic carboxylic acids is 2. The summed E-state index contributed by atoms with van der Waals surface area (Å²) in [5.74, 6) is -2.26. The normalized spacial score (nSPS) is 8.00. The molecule has 2 rings (SSSR count). The number of carbonyl (C=O) groups is 2. The van der Waals surface area contributed by atoms with Crippen LogP contribution in [0, 0.1) is 0 Å². The Morgan fingerprint density at radius 3 is 1.00 bits per heavy atom. The molecule has 4 nitrogen and oxygen atoms in total. The van der Waals surface area contributed by atoms with E-state index in [0.29, 0.717) is 0 Å². The van der Waals surface area contributed by atoms with Gasteiger partial charge in [0.1, 0.15) is 0 Å². The molecular weight excluding hydrogens is 246 g/mol. The van der Waals surface area contributed by atoms with E-state index in [9.17, 15) is 19.8 Å². The third kappa shape index (κ3) is 7.89. The predicted octanol–water partition coefficient (Wildman–Crippen LogP) is -5.89. The van der Waals surface area contributed by atoms with E-state index in [2.05, 4.69) is 0 Å². The molecule has 0 saturated heterocycles. The third-order valence-electron chi connectivity index (χ3n) is 2.02. The Morgan fingerprint density at radius 2 is 0.850 bits per heavy atom. The molecule has 0 aromatic heterocycles. The van der Waals surface area contributed by atoms with Gasteiger partial charge in [-0.05, 0) is 11.1 Å². The molecule has 0 aliphatic rings. The monoisotopic (exact) mass is 256 g/mol. The van der Waals surface area contributed by atoms with Gasteiger partial charge in [-0.25, -0.2) is 0 Å². The van der Waals surface area contributed by atoms with Crippen LogP contribution in [0.1, 0.15) is 20.7 Å². The maximum absolute atomic E-state index is 10.1. The fourth-order valence-electron chi connectivity index (χ4n) is 1.15. The number of carboxylic acids is 2. The zero-order chi connectivity index (χ0) is 13.4. The van der Waals surface area contributed by atoms with Crippen molar-refractivity contribution in [3.8, 4) is 0 Å². The molecule has 0 N–H and O–H groups in total. The van der Waals surface area contributed by atoms with Crippen molar-refractivity contribution in [1.29, 1.82) is 0 Å². The maximum atomic E-state index is 10.1. The summed E-state index contributed by atoms with van der Waals surface area (Å²) in [7, 11) is 0. The summed E-state index contributed by atoms with van der Waals surface area (Å²) in [6.07, 6.45) is 0. The van der Waals surface area contributed by atoms with Gasteiger partial charge in [0.05, 0.1) is 11.9 Å². The van der Waals surface area contributed by atoms with Crippen molar-refractivity contribution in [2.24, 2.45) is 0 Å². The number of carboxylic acid groups (broad SMARTS) is 2. The van der Waals surface area contributed by atoms with Gasteiger partial charge in [0.15, 0.2) is 0 Å². The Morgan fingerprint density at radius 1 is 0.600 bits per heavy atom. The summed E-state index contributed by atoms with van der Waals surface area (Å²) in [6, 6.07) is 16.1. The van der Waals surface area contributed by atoms with Crippen LogP contribution in [-0.2, 0) is 0 Å². The van der Waals surface area contributed by atoms with Crippen LogP contribution in [0.15, 0.2) is 60.7 Å². The molecule has 0 radical (unpaired) electrons. The van der Waals surface area contributed by atoms with Crippen molar-refractivity contribution < 1.29 is 57.5 Å². The molecule has 0 bridgehead atoms. The second-order valence-corrected chi connectivity index (χ2v) is 3.31. The molecule has 0 unspecified atom stereocenters. The average molecular weight is 256 g/mol. The number of carbonyl (C=O) groups excluding carboxylic acids is 2. The summed E-state index contributed by atoms with van der Waals surface area (Å²) in [6.45, 7) is 0. The van der Waals surface area contributed by atoms with Gasteiger partial charge in [-0.15, -0.1) is 0 Å². The Hall–Kier alpha value is -1.43.